The van der Waals surface area contributed by atoms with E-state index in [-0.39, 0.29) is 6.10 Å². The van der Waals surface area contributed by atoms with Crippen molar-refractivity contribution in [3.63, 3.8) is 0 Å². The normalized spacial score (nSPS) is 13.2. The van der Waals surface area contributed by atoms with Crippen LogP contribution in [0.5, 0.6) is 5.75 Å². The van der Waals surface area contributed by atoms with Crippen molar-refractivity contribution in [3.8, 4) is 5.75 Å². The predicted octanol–water partition coefficient (Wildman–Crippen LogP) is 1.45. The molecule has 1 atom stereocenters. The lowest BCUT2D eigenvalue weighted by atomic mass is 10.4. The minimum Gasteiger partial charge on any atom is -0.486 e. The van der Waals surface area contributed by atoms with Crippen LogP contribution in [-0.4, -0.2) is 29.5 Å². The summed E-state index contributed by atoms with van der Waals surface area (Å²) in [6.45, 7) is 7.05. The zero-order chi connectivity index (χ0) is 10.6. The molecule has 1 heterocycles. The first kappa shape index (κ1) is 11.0. The van der Waals surface area contributed by atoms with Gasteiger partial charge in [0.25, 0.3) is 0 Å². The predicted molar refractivity (Wildman–Crippen MR) is 56.6 cm³/mol. The minimum absolute atomic E-state index is 0.171. The third-order valence-electron chi connectivity index (χ3n) is 1.94. The molecule has 0 aliphatic rings. The van der Waals surface area contributed by atoms with Gasteiger partial charge in [0.2, 0.25) is 0 Å². The van der Waals surface area contributed by atoms with Gasteiger partial charge >= 0.3 is 0 Å². The third kappa shape index (κ3) is 3.03. The van der Waals surface area contributed by atoms with Crippen LogP contribution in [-0.2, 0) is 0 Å². The number of nitrogens with zero attached hydrogens (tertiary/aromatic N) is 2. The van der Waals surface area contributed by atoms with Gasteiger partial charge in [0.05, 0.1) is 12.4 Å². The van der Waals surface area contributed by atoms with Gasteiger partial charge in [0, 0.05) is 12.6 Å². The van der Waals surface area contributed by atoms with Crippen LogP contribution in [0.4, 0.5) is 0 Å². The number of hydrogen-bond donors (Lipinski definition) is 1. The number of aromatic nitrogens is 2. The first-order valence-corrected chi connectivity index (χ1v) is 4.99. The van der Waals surface area contributed by atoms with E-state index in [2.05, 4.69) is 24.3 Å². The Morgan fingerprint density at radius 1 is 1.50 bits per heavy atom. The van der Waals surface area contributed by atoms with Crippen molar-refractivity contribution >= 4 is 0 Å². The molecular weight excluding hydrogens is 178 g/mol. The smallest absolute Gasteiger partial charge is 0.157 e. The van der Waals surface area contributed by atoms with Gasteiger partial charge in [0.15, 0.2) is 5.75 Å². The standard InChI is InChI=1S/C10H19N3O/c1-8(2)13-7-10(6-12-13)14-9(3)5-11-4/h6-9,11H,5H2,1-4H3. The summed E-state index contributed by atoms with van der Waals surface area (Å²) in [5.41, 5.74) is 0. The Morgan fingerprint density at radius 2 is 2.21 bits per heavy atom. The summed E-state index contributed by atoms with van der Waals surface area (Å²) in [6.07, 6.45) is 3.85. The summed E-state index contributed by atoms with van der Waals surface area (Å²) in [5.74, 6) is 0.835. The highest BCUT2D eigenvalue weighted by molar-refractivity contribution is 5.12. The molecule has 1 rings (SSSR count). The van der Waals surface area contributed by atoms with E-state index in [4.69, 9.17) is 4.74 Å². The highest BCUT2D eigenvalue weighted by Gasteiger charge is 2.06. The second-order valence-electron chi connectivity index (χ2n) is 3.74. The molecule has 0 aromatic carbocycles. The van der Waals surface area contributed by atoms with Gasteiger partial charge in [-0.25, -0.2) is 0 Å². The first-order valence-electron chi connectivity index (χ1n) is 4.99. The fourth-order valence-corrected chi connectivity index (χ4v) is 1.23. The zero-order valence-corrected chi connectivity index (χ0v) is 9.32. The summed E-state index contributed by atoms with van der Waals surface area (Å²) in [5, 5.41) is 7.27. The largest absolute Gasteiger partial charge is 0.486 e. The lowest BCUT2D eigenvalue weighted by Crippen LogP contribution is -2.25. The topological polar surface area (TPSA) is 39.1 Å². The van der Waals surface area contributed by atoms with Gasteiger partial charge in [0.1, 0.15) is 6.10 Å². The number of ether oxygens (including phenoxy) is 1. The van der Waals surface area contributed by atoms with Gasteiger partial charge in [-0.3, -0.25) is 4.68 Å². The molecule has 0 aliphatic carbocycles. The van der Waals surface area contributed by atoms with E-state index < -0.39 is 0 Å². The quantitative estimate of drug-likeness (QED) is 0.776. The molecular formula is C10H19N3O. The molecule has 1 unspecified atom stereocenters. The average molecular weight is 197 g/mol. The van der Waals surface area contributed by atoms with Crippen molar-refractivity contribution in [1.82, 2.24) is 15.1 Å². The van der Waals surface area contributed by atoms with E-state index >= 15 is 0 Å². The molecule has 0 fully saturated rings. The summed E-state index contributed by atoms with van der Waals surface area (Å²) in [4.78, 5) is 0. The molecule has 4 nitrogen and oxygen atoms in total. The van der Waals surface area contributed by atoms with Crippen molar-refractivity contribution in [2.24, 2.45) is 0 Å². The van der Waals surface area contributed by atoms with Crippen LogP contribution in [0.25, 0.3) is 0 Å². The molecule has 14 heavy (non-hydrogen) atoms. The molecule has 0 bridgehead atoms. The number of likely N-dealkylation sites (N-methyl/N-ethyl adjacent to an activating group) is 1. The molecule has 0 saturated carbocycles. The number of rotatable bonds is 5. The van der Waals surface area contributed by atoms with Crippen LogP contribution >= 0.6 is 0 Å². The molecule has 80 valence electrons. The van der Waals surface area contributed by atoms with Crippen LogP contribution in [0, 0.1) is 0 Å². The van der Waals surface area contributed by atoms with E-state index in [1.54, 1.807) is 6.20 Å². The molecule has 4 heteroatoms. The molecule has 0 spiro atoms. The van der Waals surface area contributed by atoms with Gasteiger partial charge in [-0.1, -0.05) is 0 Å². The molecule has 1 aromatic heterocycles. The first-order chi connectivity index (χ1) is 6.63. The number of hydrogen-bond acceptors (Lipinski definition) is 3. The van der Waals surface area contributed by atoms with Gasteiger partial charge in [-0.15, -0.1) is 0 Å². The molecule has 0 aliphatic heterocycles. The fraction of sp³-hybridized carbons (Fsp3) is 0.700. The molecule has 1 N–H and O–H groups in total. The fourth-order valence-electron chi connectivity index (χ4n) is 1.23. The van der Waals surface area contributed by atoms with E-state index in [0.717, 1.165) is 12.3 Å². The van der Waals surface area contributed by atoms with Crippen LogP contribution in [0.15, 0.2) is 12.4 Å². The van der Waals surface area contributed by atoms with E-state index in [1.165, 1.54) is 0 Å². The van der Waals surface area contributed by atoms with E-state index in [1.807, 2.05) is 24.9 Å². The Bertz CT molecular complexity index is 270. The zero-order valence-electron chi connectivity index (χ0n) is 9.32. The summed E-state index contributed by atoms with van der Waals surface area (Å²) in [7, 11) is 1.91. The highest BCUT2D eigenvalue weighted by Crippen LogP contribution is 2.13. The summed E-state index contributed by atoms with van der Waals surface area (Å²) in [6, 6.07) is 0.381. The second kappa shape index (κ2) is 5.00. The molecule has 0 amide bonds. The highest BCUT2D eigenvalue weighted by atomic mass is 16.5. The maximum absolute atomic E-state index is 5.64. The monoisotopic (exact) mass is 197 g/mol. The minimum atomic E-state index is 0.171. The maximum Gasteiger partial charge on any atom is 0.157 e. The Labute approximate surface area is 85.3 Å². The molecule has 0 saturated heterocycles. The van der Waals surface area contributed by atoms with Crippen molar-refractivity contribution in [2.45, 2.75) is 32.9 Å². The van der Waals surface area contributed by atoms with Crippen LogP contribution in [0.2, 0.25) is 0 Å². The molecule has 1 aromatic rings. The van der Waals surface area contributed by atoms with Gasteiger partial charge in [-0.05, 0) is 27.8 Å². The average Bonchev–Trinajstić information content (AvgIpc) is 2.53. The van der Waals surface area contributed by atoms with E-state index in [0.29, 0.717) is 6.04 Å². The van der Waals surface area contributed by atoms with Crippen molar-refractivity contribution < 1.29 is 4.74 Å². The van der Waals surface area contributed by atoms with Crippen molar-refractivity contribution in [2.75, 3.05) is 13.6 Å². The maximum atomic E-state index is 5.64. The lowest BCUT2D eigenvalue weighted by molar-refractivity contribution is 0.220. The lowest BCUT2D eigenvalue weighted by Gasteiger charge is -2.11. The number of nitrogens with one attached hydrogen (secondary N) is 1. The van der Waals surface area contributed by atoms with Crippen LogP contribution < -0.4 is 10.1 Å². The Morgan fingerprint density at radius 3 is 2.71 bits per heavy atom. The Balaban J connectivity index is 2.51. The third-order valence-corrected chi connectivity index (χ3v) is 1.94. The van der Waals surface area contributed by atoms with Crippen molar-refractivity contribution in [3.05, 3.63) is 12.4 Å². The van der Waals surface area contributed by atoms with Gasteiger partial charge in [-0.2, -0.15) is 5.10 Å². The van der Waals surface area contributed by atoms with Gasteiger partial charge < -0.3 is 10.1 Å². The molecule has 0 radical (unpaired) electrons. The Kier molecular flexibility index (Phi) is 3.95. The van der Waals surface area contributed by atoms with E-state index in [9.17, 15) is 0 Å². The van der Waals surface area contributed by atoms with Crippen molar-refractivity contribution in [1.29, 1.82) is 0 Å². The summed E-state index contributed by atoms with van der Waals surface area (Å²) < 4.78 is 7.53. The summed E-state index contributed by atoms with van der Waals surface area (Å²) >= 11 is 0. The SMILES string of the molecule is CNCC(C)Oc1cnn(C(C)C)c1. The Hall–Kier alpha value is -1.03. The van der Waals surface area contributed by atoms with Crippen LogP contribution in [0.1, 0.15) is 26.8 Å². The second-order valence-corrected chi connectivity index (χ2v) is 3.74. The van der Waals surface area contributed by atoms with Crippen LogP contribution in [0.3, 0.4) is 0 Å².